The molecule has 4 nitrogen and oxygen atoms in total. The molecular weight excluding hydrogens is 312 g/mol. The van der Waals surface area contributed by atoms with Crippen molar-refractivity contribution in [3.8, 4) is 11.5 Å². The fraction of sp³-hybridized carbons (Fsp3) is 0.333. The van der Waals surface area contributed by atoms with Crippen LogP contribution in [-0.2, 0) is 0 Å². The van der Waals surface area contributed by atoms with Crippen LogP contribution in [0.4, 0.5) is 0 Å². The number of aliphatic imine (C=N–C) groups is 2. The topological polar surface area (TPSA) is 43.2 Å². The summed E-state index contributed by atoms with van der Waals surface area (Å²) in [6, 6.07) is 16.0. The molecule has 0 saturated carbocycles. The van der Waals surface area contributed by atoms with Gasteiger partial charge in [0.25, 0.3) is 0 Å². The monoisotopic (exact) mass is 338 g/mol. The zero-order chi connectivity index (χ0) is 18.1. The fourth-order valence-electron chi connectivity index (χ4n) is 2.28. The Balaban J connectivity index is 1.71. The molecule has 0 radical (unpaired) electrons. The van der Waals surface area contributed by atoms with Crippen LogP contribution < -0.4 is 9.47 Å². The van der Waals surface area contributed by atoms with Crippen LogP contribution in [0.2, 0.25) is 0 Å². The Morgan fingerprint density at radius 1 is 0.680 bits per heavy atom. The van der Waals surface area contributed by atoms with Gasteiger partial charge in [0.1, 0.15) is 11.5 Å². The molecule has 0 aliphatic rings. The van der Waals surface area contributed by atoms with E-state index in [1.807, 2.05) is 62.4 Å². The molecule has 0 fully saturated rings. The van der Waals surface area contributed by atoms with Crippen LogP contribution in [0, 0.1) is 0 Å². The first-order chi connectivity index (χ1) is 12.1. The summed E-state index contributed by atoms with van der Waals surface area (Å²) in [5, 5.41) is 0. The number of ether oxygens (including phenoxy) is 2. The highest BCUT2D eigenvalue weighted by Gasteiger charge is 2.00. The highest BCUT2D eigenvalue weighted by atomic mass is 16.5. The summed E-state index contributed by atoms with van der Waals surface area (Å²) >= 11 is 0. The normalized spacial score (nSPS) is 12.2. The standard InChI is InChI=1S/C21H26N2O2/c1-16(22-3)18-6-10-20(11-7-18)24-14-5-15-25-21-12-8-19(9-13-21)17(2)23-4/h6-13H,5,14-15H2,1-4H3. The van der Waals surface area contributed by atoms with E-state index >= 15 is 0 Å². The summed E-state index contributed by atoms with van der Waals surface area (Å²) < 4.78 is 11.5. The van der Waals surface area contributed by atoms with Gasteiger partial charge in [-0.15, -0.1) is 0 Å². The Morgan fingerprint density at radius 2 is 1.04 bits per heavy atom. The van der Waals surface area contributed by atoms with Crippen molar-refractivity contribution in [2.24, 2.45) is 9.98 Å². The van der Waals surface area contributed by atoms with Gasteiger partial charge in [-0.3, -0.25) is 9.98 Å². The van der Waals surface area contributed by atoms with Crippen LogP contribution in [0.5, 0.6) is 11.5 Å². The fourth-order valence-corrected chi connectivity index (χ4v) is 2.28. The van der Waals surface area contributed by atoms with Crippen molar-refractivity contribution in [3.05, 3.63) is 59.7 Å². The molecule has 0 spiro atoms. The van der Waals surface area contributed by atoms with Gasteiger partial charge in [0, 0.05) is 31.9 Å². The zero-order valence-electron chi connectivity index (χ0n) is 15.5. The highest BCUT2D eigenvalue weighted by Crippen LogP contribution is 2.15. The lowest BCUT2D eigenvalue weighted by Gasteiger charge is -2.09. The number of benzene rings is 2. The molecule has 132 valence electrons. The molecule has 25 heavy (non-hydrogen) atoms. The molecule has 2 aromatic carbocycles. The molecule has 0 aliphatic heterocycles. The molecule has 0 bridgehead atoms. The zero-order valence-corrected chi connectivity index (χ0v) is 15.5. The second-order valence-electron chi connectivity index (χ2n) is 5.72. The number of hydrogen-bond donors (Lipinski definition) is 0. The van der Waals surface area contributed by atoms with E-state index in [0.29, 0.717) is 13.2 Å². The summed E-state index contributed by atoms with van der Waals surface area (Å²) in [6.45, 7) is 5.24. The van der Waals surface area contributed by atoms with Crippen molar-refractivity contribution in [2.45, 2.75) is 20.3 Å². The van der Waals surface area contributed by atoms with E-state index in [2.05, 4.69) is 9.98 Å². The Kier molecular flexibility index (Phi) is 7.20. The molecule has 2 rings (SSSR count). The van der Waals surface area contributed by atoms with E-state index in [-0.39, 0.29) is 0 Å². The molecular formula is C21H26N2O2. The molecule has 0 aliphatic carbocycles. The van der Waals surface area contributed by atoms with Gasteiger partial charge < -0.3 is 9.47 Å². The second kappa shape index (κ2) is 9.62. The van der Waals surface area contributed by atoms with Gasteiger partial charge >= 0.3 is 0 Å². The van der Waals surface area contributed by atoms with E-state index in [0.717, 1.165) is 40.5 Å². The van der Waals surface area contributed by atoms with Crippen molar-refractivity contribution >= 4 is 11.4 Å². The van der Waals surface area contributed by atoms with Crippen LogP contribution >= 0.6 is 0 Å². The maximum Gasteiger partial charge on any atom is 0.119 e. The van der Waals surface area contributed by atoms with Gasteiger partial charge in [0.05, 0.1) is 13.2 Å². The van der Waals surface area contributed by atoms with Crippen molar-refractivity contribution in [1.82, 2.24) is 0 Å². The van der Waals surface area contributed by atoms with Crippen LogP contribution in [0.15, 0.2) is 58.5 Å². The first-order valence-electron chi connectivity index (χ1n) is 8.47. The summed E-state index contributed by atoms with van der Waals surface area (Å²) in [6.07, 6.45) is 0.828. The van der Waals surface area contributed by atoms with Crippen LogP contribution in [0.1, 0.15) is 31.4 Å². The lowest BCUT2D eigenvalue weighted by Crippen LogP contribution is -2.05. The number of nitrogens with zero attached hydrogens (tertiary/aromatic N) is 2. The van der Waals surface area contributed by atoms with Crippen molar-refractivity contribution in [1.29, 1.82) is 0 Å². The third kappa shape index (κ3) is 5.75. The molecule has 4 heteroatoms. The predicted octanol–water partition coefficient (Wildman–Crippen LogP) is 4.41. The second-order valence-corrected chi connectivity index (χ2v) is 5.72. The van der Waals surface area contributed by atoms with E-state index in [1.165, 1.54) is 0 Å². The molecule has 0 N–H and O–H groups in total. The first kappa shape index (κ1) is 18.7. The van der Waals surface area contributed by atoms with Crippen molar-refractivity contribution in [3.63, 3.8) is 0 Å². The van der Waals surface area contributed by atoms with E-state index in [4.69, 9.17) is 9.47 Å². The van der Waals surface area contributed by atoms with Crippen molar-refractivity contribution < 1.29 is 9.47 Å². The minimum atomic E-state index is 0.625. The van der Waals surface area contributed by atoms with Gasteiger partial charge in [-0.25, -0.2) is 0 Å². The largest absolute Gasteiger partial charge is 0.493 e. The Bertz CT molecular complexity index is 653. The maximum atomic E-state index is 5.74. The number of hydrogen-bond acceptors (Lipinski definition) is 4. The minimum Gasteiger partial charge on any atom is -0.493 e. The van der Waals surface area contributed by atoms with Gasteiger partial charge in [-0.1, -0.05) is 0 Å². The first-order valence-corrected chi connectivity index (χ1v) is 8.47. The molecule has 2 aromatic rings. The maximum absolute atomic E-state index is 5.74. The lowest BCUT2D eigenvalue weighted by molar-refractivity contribution is 0.247. The highest BCUT2D eigenvalue weighted by molar-refractivity contribution is 5.99. The van der Waals surface area contributed by atoms with Gasteiger partial charge in [0.2, 0.25) is 0 Å². The summed E-state index contributed by atoms with van der Waals surface area (Å²) in [4.78, 5) is 8.35. The molecule has 0 amide bonds. The average molecular weight is 338 g/mol. The quantitative estimate of drug-likeness (QED) is 0.528. The van der Waals surface area contributed by atoms with Gasteiger partial charge in [0.15, 0.2) is 0 Å². The predicted molar refractivity (Wildman–Crippen MR) is 105 cm³/mol. The van der Waals surface area contributed by atoms with E-state index < -0.39 is 0 Å². The van der Waals surface area contributed by atoms with Crippen LogP contribution in [-0.4, -0.2) is 38.7 Å². The smallest absolute Gasteiger partial charge is 0.119 e. The third-order valence-electron chi connectivity index (χ3n) is 4.04. The van der Waals surface area contributed by atoms with E-state index in [1.54, 1.807) is 14.1 Å². The Morgan fingerprint density at radius 3 is 1.36 bits per heavy atom. The molecule has 0 heterocycles. The van der Waals surface area contributed by atoms with Gasteiger partial charge in [-0.05, 0) is 73.5 Å². The van der Waals surface area contributed by atoms with Crippen LogP contribution in [0.3, 0.4) is 0 Å². The van der Waals surface area contributed by atoms with Gasteiger partial charge in [-0.2, -0.15) is 0 Å². The number of rotatable bonds is 8. The molecule has 0 unspecified atom stereocenters. The summed E-state index contributed by atoms with van der Waals surface area (Å²) in [7, 11) is 3.59. The third-order valence-corrected chi connectivity index (χ3v) is 4.04. The average Bonchev–Trinajstić information content (AvgIpc) is 2.67. The minimum absolute atomic E-state index is 0.625. The van der Waals surface area contributed by atoms with E-state index in [9.17, 15) is 0 Å². The SMILES string of the molecule is CN=C(C)c1ccc(OCCCOc2ccc(C(C)=NC)cc2)cc1. The molecule has 0 atom stereocenters. The molecule has 0 aromatic heterocycles. The Hall–Kier alpha value is -2.62. The van der Waals surface area contributed by atoms with Crippen molar-refractivity contribution in [2.75, 3.05) is 27.3 Å². The summed E-state index contributed by atoms with van der Waals surface area (Å²) in [5.41, 5.74) is 4.27. The Labute approximate surface area is 150 Å². The molecule has 0 saturated heterocycles. The lowest BCUT2D eigenvalue weighted by atomic mass is 10.1. The summed E-state index contributed by atoms with van der Waals surface area (Å²) in [5.74, 6) is 1.73. The van der Waals surface area contributed by atoms with Crippen LogP contribution in [0.25, 0.3) is 0 Å².